The summed E-state index contributed by atoms with van der Waals surface area (Å²) in [5.74, 6) is 1.96. The summed E-state index contributed by atoms with van der Waals surface area (Å²) in [4.78, 5) is 15.1. The van der Waals surface area contributed by atoms with Gasteiger partial charge in [0.05, 0.1) is 5.41 Å². The molecule has 3 nitrogen and oxygen atoms in total. The SMILES string of the molecule is c1ccc(-c2nc(-c3ccccc3)nc(-c3ccccc3-c3ccc4c(c3)C3(c5ccccc5-c5ccccc53)c3ccccc3-4)n2)cc1. The predicted octanol–water partition coefficient (Wildman–Crippen LogP) is 10.9. The number of rotatable bonds is 4. The second-order valence-electron chi connectivity index (χ2n) is 12.7. The van der Waals surface area contributed by atoms with Crippen molar-refractivity contribution in [3.05, 3.63) is 198 Å². The molecule has 2 aliphatic rings. The van der Waals surface area contributed by atoms with Crippen LogP contribution in [0.1, 0.15) is 22.3 Å². The molecule has 2 aliphatic carbocycles. The highest BCUT2D eigenvalue weighted by Crippen LogP contribution is 2.63. The summed E-state index contributed by atoms with van der Waals surface area (Å²) in [6.45, 7) is 0. The molecule has 49 heavy (non-hydrogen) atoms. The Bertz CT molecular complexity index is 2430. The van der Waals surface area contributed by atoms with Gasteiger partial charge in [0.1, 0.15) is 0 Å². The molecule has 0 radical (unpaired) electrons. The molecular formula is C46H29N3. The minimum atomic E-state index is -0.405. The highest BCUT2D eigenvalue weighted by atomic mass is 15.0. The lowest BCUT2D eigenvalue weighted by molar-refractivity contribution is 0.794. The van der Waals surface area contributed by atoms with Crippen LogP contribution in [0.15, 0.2) is 176 Å². The van der Waals surface area contributed by atoms with E-state index in [0.717, 1.165) is 27.8 Å². The Morgan fingerprint density at radius 2 is 0.653 bits per heavy atom. The van der Waals surface area contributed by atoms with E-state index in [1.165, 1.54) is 44.5 Å². The van der Waals surface area contributed by atoms with Gasteiger partial charge in [0, 0.05) is 16.7 Å². The van der Waals surface area contributed by atoms with Crippen LogP contribution in [0.25, 0.3) is 67.5 Å². The molecule has 0 saturated heterocycles. The summed E-state index contributed by atoms with van der Waals surface area (Å²) < 4.78 is 0. The number of aromatic nitrogens is 3. The van der Waals surface area contributed by atoms with Crippen LogP contribution in [0.4, 0.5) is 0 Å². The van der Waals surface area contributed by atoms with Gasteiger partial charge in [-0.3, -0.25) is 0 Å². The average Bonchev–Trinajstić information content (AvgIpc) is 3.65. The molecule has 0 amide bonds. The molecule has 0 unspecified atom stereocenters. The molecule has 3 heteroatoms. The maximum atomic E-state index is 5.10. The molecule has 228 valence electrons. The lowest BCUT2D eigenvalue weighted by Crippen LogP contribution is -2.25. The van der Waals surface area contributed by atoms with E-state index in [-0.39, 0.29) is 0 Å². The smallest absolute Gasteiger partial charge is 0.164 e. The second-order valence-corrected chi connectivity index (χ2v) is 12.7. The van der Waals surface area contributed by atoms with Crippen molar-refractivity contribution in [1.29, 1.82) is 0 Å². The monoisotopic (exact) mass is 623 g/mol. The first-order chi connectivity index (χ1) is 24.3. The number of hydrogen-bond donors (Lipinski definition) is 0. The molecule has 0 fully saturated rings. The fourth-order valence-corrected chi connectivity index (χ4v) is 8.12. The van der Waals surface area contributed by atoms with Gasteiger partial charge >= 0.3 is 0 Å². The first-order valence-corrected chi connectivity index (χ1v) is 16.7. The Balaban J connectivity index is 1.21. The fraction of sp³-hybridized carbons (Fsp3) is 0.0217. The lowest BCUT2D eigenvalue weighted by atomic mass is 9.70. The zero-order valence-corrected chi connectivity index (χ0v) is 26.6. The van der Waals surface area contributed by atoms with Crippen molar-refractivity contribution in [2.45, 2.75) is 5.41 Å². The highest BCUT2D eigenvalue weighted by Gasteiger charge is 2.51. The molecule has 1 spiro atoms. The predicted molar refractivity (Wildman–Crippen MR) is 198 cm³/mol. The van der Waals surface area contributed by atoms with Crippen LogP contribution in [-0.2, 0) is 5.41 Å². The minimum Gasteiger partial charge on any atom is -0.208 e. The van der Waals surface area contributed by atoms with Gasteiger partial charge in [-0.1, -0.05) is 170 Å². The number of fused-ring (bicyclic) bond motifs is 10. The standard InChI is InChI=1S/C46H29N3/c1-3-15-30(16-4-1)43-47-44(31-17-5-2-6-18-31)49-45(48-43)38-23-8-7-19-33(38)32-27-28-37-36-22-11-14-26-41(36)46(42(37)29-32)39-24-12-9-20-34(39)35-21-10-13-25-40(35)46/h1-29H. The van der Waals surface area contributed by atoms with Gasteiger partial charge in [0.25, 0.3) is 0 Å². The zero-order valence-electron chi connectivity index (χ0n) is 26.6. The summed E-state index contributed by atoms with van der Waals surface area (Å²) >= 11 is 0. The summed E-state index contributed by atoms with van der Waals surface area (Å²) in [7, 11) is 0. The third kappa shape index (κ3) is 4.06. The zero-order chi connectivity index (χ0) is 32.4. The Morgan fingerprint density at radius 3 is 1.16 bits per heavy atom. The molecule has 1 heterocycles. The lowest BCUT2D eigenvalue weighted by Gasteiger charge is -2.30. The van der Waals surface area contributed by atoms with E-state index in [2.05, 4.69) is 140 Å². The highest BCUT2D eigenvalue weighted by molar-refractivity contribution is 5.96. The Labute approximate surface area is 285 Å². The van der Waals surface area contributed by atoms with E-state index in [1.54, 1.807) is 0 Å². The number of nitrogens with zero attached hydrogens (tertiary/aromatic N) is 3. The average molecular weight is 624 g/mol. The van der Waals surface area contributed by atoms with Gasteiger partial charge in [0.15, 0.2) is 17.5 Å². The molecule has 0 N–H and O–H groups in total. The summed E-state index contributed by atoms with van der Waals surface area (Å²) in [6.07, 6.45) is 0. The second kappa shape index (κ2) is 10.8. The van der Waals surface area contributed by atoms with Gasteiger partial charge in [-0.25, -0.2) is 15.0 Å². The van der Waals surface area contributed by atoms with Gasteiger partial charge in [-0.15, -0.1) is 0 Å². The van der Waals surface area contributed by atoms with E-state index in [1.807, 2.05) is 36.4 Å². The van der Waals surface area contributed by atoms with E-state index >= 15 is 0 Å². The maximum Gasteiger partial charge on any atom is 0.164 e. The molecular weight excluding hydrogens is 595 g/mol. The van der Waals surface area contributed by atoms with Gasteiger partial charge < -0.3 is 0 Å². The summed E-state index contributed by atoms with van der Waals surface area (Å²) in [5, 5.41) is 0. The third-order valence-electron chi connectivity index (χ3n) is 10.2. The Hall–Kier alpha value is -6.45. The molecule has 10 rings (SSSR count). The third-order valence-corrected chi connectivity index (χ3v) is 10.2. The van der Waals surface area contributed by atoms with Crippen LogP contribution >= 0.6 is 0 Å². The van der Waals surface area contributed by atoms with Crippen LogP contribution in [0, 0.1) is 0 Å². The summed E-state index contributed by atoms with van der Waals surface area (Å²) in [5.41, 5.74) is 15.2. The van der Waals surface area contributed by atoms with E-state index in [4.69, 9.17) is 15.0 Å². The Morgan fingerprint density at radius 1 is 0.265 bits per heavy atom. The van der Waals surface area contributed by atoms with Crippen molar-refractivity contribution in [3.8, 4) is 67.5 Å². The maximum absolute atomic E-state index is 5.10. The topological polar surface area (TPSA) is 38.7 Å². The molecule has 8 aromatic rings. The number of hydrogen-bond acceptors (Lipinski definition) is 3. The van der Waals surface area contributed by atoms with Crippen LogP contribution in [0.2, 0.25) is 0 Å². The van der Waals surface area contributed by atoms with Gasteiger partial charge in [-0.05, 0) is 61.7 Å². The van der Waals surface area contributed by atoms with Crippen LogP contribution < -0.4 is 0 Å². The fourth-order valence-electron chi connectivity index (χ4n) is 8.12. The van der Waals surface area contributed by atoms with Crippen LogP contribution in [0.3, 0.4) is 0 Å². The summed E-state index contributed by atoms with van der Waals surface area (Å²) in [6, 6.07) is 62.6. The van der Waals surface area contributed by atoms with Crippen LogP contribution in [-0.4, -0.2) is 15.0 Å². The largest absolute Gasteiger partial charge is 0.208 e. The van der Waals surface area contributed by atoms with Crippen molar-refractivity contribution in [1.82, 2.24) is 15.0 Å². The van der Waals surface area contributed by atoms with Crippen molar-refractivity contribution in [2.24, 2.45) is 0 Å². The van der Waals surface area contributed by atoms with Gasteiger partial charge in [-0.2, -0.15) is 0 Å². The van der Waals surface area contributed by atoms with Crippen molar-refractivity contribution in [3.63, 3.8) is 0 Å². The molecule has 0 atom stereocenters. The van der Waals surface area contributed by atoms with E-state index < -0.39 is 5.41 Å². The molecule has 0 bridgehead atoms. The molecule has 1 aromatic heterocycles. The first kappa shape index (κ1) is 27.6. The van der Waals surface area contributed by atoms with E-state index in [0.29, 0.717) is 17.5 Å². The number of benzene rings is 7. The van der Waals surface area contributed by atoms with E-state index in [9.17, 15) is 0 Å². The van der Waals surface area contributed by atoms with Crippen molar-refractivity contribution < 1.29 is 0 Å². The van der Waals surface area contributed by atoms with Crippen LogP contribution in [0.5, 0.6) is 0 Å². The molecule has 0 saturated carbocycles. The van der Waals surface area contributed by atoms with Gasteiger partial charge in [0.2, 0.25) is 0 Å². The minimum absolute atomic E-state index is 0.405. The van der Waals surface area contributed by atoms with Crippen molar-refractivity contribution in [2.75, 3.05) is 0 Å². The first-order valence-electron chi connectivity index (χ1n) is 16.7. The van der Waals surface area contributed by atoms with Crippen molar-refractivity contribution >= 4 is 0 Å². The normalized spacial score (nSPS) is 13.1. The Kier molecular flexibility index (Phi) is 6.09. The molecule has 7 aromatic carbocycles. The molecule has 0 aliphatic heterocycles. The quantitative estimate of drug-likeness (QED) is 0.196.